The molecule has 19 heteroatoms. The van der Waals surface area contributed by atoms with Gasteiger partial charge in [-0.15, -0.1) is 0 Å². The number of carbonyl (C=O) groups excluding carboxylic acids is 4. The molecular weight excluding hydrogens is 1190 g/mol. The molecule has 0 aliphatic carbocycles. The zero-order chi connectivity index (χ0) is 66.6. The quantitative estimate of drug-likeness (QED) is 0.0222. The highest BCUT2D eigenvalue weighted by Crippen LogP contribution is 2.45. The molecule has 0 saturated heterocycles. The lowest BCUT2D eigenvalue weighted by molar-refractivity contribution is -0.161. The largest absolute Gasteiger partial charge is 0.472 e. The van der Waals surface area contributed by atoms with Crippen LogP contribution in [0.3, 0.4) is 0 Å². The fraction of sp³-hybridized carbons (Fsp3) is 0.944. The van der Waals surface area contributed by atoms with E-state index in [0.717, 1.165) is 109 Å². The molecule has 0 aromatic heterocycles. The van der Waals surface area contributed by atoms with Crippen molar-refractivity contribution >= 4 is 39.5 Å². The van der Waals surface area contributed by atoms with Crippen LogP contribution in [0.1, 0.15) is 357 Å². The molecule has 90 heavy (non-hydrogen) atoms. The zero-order valence-corrected chi connectivity index (χ0v) is 60.4. The van der Waals surface area contributed by atoms with E-state index in [1.807, 2.05) is 0 Å². The topological polar surface area (TPSA) is 237 Å². The molecular formula is C71H138O17P2. The van der Waals surface area contributed by atoms with Gasteiger partial charge in [-0.1, -0.05) is 305 Å². The number of phosphoric acid groups is 2. The molecule has 0 spiro atoms. The Kier molecular flexibility index (Phi) is 60.6. The SMILES string of the molecule is CCCCCCCCCCCCC(=O)O[C@H](COC(=O)CCCCCCCCC(C)C)COP(=O)(O)OC[C@H](O)COP(=O)(O)OC[C@@H](COC(=O)CCCCCCCCCC(C)C)OC(=O)CCCCCCCCCCCCCCCCCCCCC(C)C. The summed E-state index contributed by atoms with van der Waals surface area (Å²) in [5.74, 6) is 0.0757. The number of carbonyl (C=O) groups is 4. The molecule has 0 bridgehead atoms. The molecule has 0 rings (SSSR count). The average molecular weight is 1330 g/mol. The van der Waals surface area contributed by atoms with Crippen LogP contribution in [0.25, 0.3) is 0 Å². The number of unbranched alkanes of at least 4 members (excludes halogenated alkanes) is 37. The van der Waals surface area contributed by atoms with Crippen LogP contribution in [-0.2, 0) is 65.4 Å². The van der Waals surface area contributed by atoms with Gasteiger partial charge >= 0.3 is 39.5 Å². The molecule has 5 atom stereocenters. The van der Waals surface area contributed by atoms with E-state index in [1.165, 1.54) is 154 Å². The van der Waals surface area contributed by atoms with Crippen molar-refractivity contribution in [3.05, 3.63) is 0 Å². The maximum atomic E-state index is 13.0. The van der Waals surface area contributed by atoms with Gasteiger partial charge in [0.25, 0.3) is 0 Å². The Morgan fingerprint density at radius 3 is 0.756 bits per heavy atom. The molecule has 0 aromatic rings. The van der Waals surface area contributed by atoms with Gasteiger partial charge in [0, 0.05) is 25.7 Å². The fourth-order valence-electron chi connectivity index (χ4n) is 10.7. The Balaban J connectivity index is 5.14. The van der Waals surface area contributed by atoms with Gasteiger partial charge in [0.2, 0.25) is 0 Å². The highest BCUT2D eigenvalue weighted by molar-refractivity contribution is 7.47. The lowest BCUT2D eigenvalue weighted by Gasteiger charge is -2.21. The number of ether oxygens (including phenoxy) is 4. The minimum atomic E-state index is -4.95. The molecule has 0 heterocycles. The van der Waals surface area contributed by atoms with Gasteiger partial charge in [-0.2, -0.15) is 0 Å². The minimum absolute atomic E-state index is 0.105. The summed E-state index contributed by atoms with van der Waals surface area (Å²) in [5.41, 5.74) is 0. The number of aliphatic hydroxyl groups excluding tert-OH is 1. The second-order valence-electron chi connectivity index (χ2n) is 27.1. The Morgan fingerprint density at radius 2 is 0.511 bits per heavy atom. The van der Waals surface area contributed by atoms with Gasteiger partial charge < -0.3 is 33.8 Å². The molecule has 0 amide bonds. The van der Waals surface area contributed by atoms with Crippen molar-refractivity contribution < 1.29 is 80.2 Å². The molecule has 0 aliphatic rings. The highest BCUT2D eigenvalue weighted by atomic mass is 31.2. The van der Waals surface area contributed by atoms with Gasteiger partial charge in [-0.25, -0.2) is 9.13 Å². The smallest absolute Gasteiger partial charge is 0.462 e. The second-order valence-corrected chi connectivity index (χ2v) is 30.0. The van der Waals surface area contributed by atoms with E-state index in [9.17, 15) is 43.2 Å². The van der Waals surface area contributed by atoms with Crippen molar-refractivity contribution in [3.8, 4) is 0 Å². The molecule has 0 fully saturated rings. The van der Waals surface area contributed by atoms with Crippen molar-refractivity contribution in [3.63, 3.8) is 0 Å². The van der Waals surface area contributed by atoms with Crippen molar-refractivity contribution in [2.24, 2.45) is 17.8 Å². The lowest BCUT2D eigenvalue weighted by atomic mass is 10.0. The first-order valence-electron chi connectivity index (χ1n) is 36.8. The van der Waals surface area contributed by atoms with Gasteiger partial charge in [0.15, 0.2) is 12.2 Å². The molecule has 0 saturated carbocycles. The first-order valence-corrected chi connectivity index (χ1v) is 39.8. The van der Waals surface area contributed by atoms with E-state index in [4.69, 9.17) is 37.0 Å². The van der Waals surface area contributed by atoms with E-state index in [1.54, 1.807) is 0 Å². The molecule has 0 aromatic carbocycles. The van der Waals surface area contributed by atoms with E-state index in [0.29, 0.717) is 37.5 Å². The predicted octanol–water partition coefficient (Wildman–Crippen LogP) is 20.2. The minimum Gasteiger partial charge on any atom is -0.462 e. The predicted molar refractivity (Wildman–Crippen MR) is 363 cm³/mol. The summed E-state index contributed by atoms with van der Waals surface area (Å²) < 4.78 is 68.2. The van der Waals surface area contributed by atoms with Crippen molar-refractivity contribution in [1.82, 2.24) is 0 Å². The third kappa shape index (κ3) is 64.8. The zero-order valence-electron chi connectivity index (χ0n) is 58.6. The van der Waals surface area contributed by atoms with Crippen LogP contribution in [-0.4, -0.2) is 96.7 Å². The third-order valence-electron chi connectivity index (χ3n) is 16.4. The third-order valence-corrected chi connectivity index (χ3v) is 18.3. The average Bonchev–Trinajstić information content (AvgIpc) is 2.86. The van der Waals surface area contributed by atoms with E-state index >= 15 is 0 Å². The van der Waals surface area contributed by atoms with E-state index < -0.39 is 97.5 Å². The van der Waals surface area contributed by atoms with Gasteiger partial charge in [0.05, 0.1) is 26.4 Å². The summed E-state index contributed by atoms with van der Waals surface area (Å²) in [5, 5.41) is 10.6. The first-order chi connectivity index (χ1) is 43.2. The maximum Gasteiger partial charge on any atom is 0.472 e. The van der Waals surface area contributed by atoms with Gasteiger partial charge in [0.1, 0.15) is 19.3 Å². The Hall–Kier alpha value is -1.94. The summed E-state index contributed by atoms with van der Waals surface area (Å²) >= 11 is 0. The molecule has 2 unspecified atom stereocenters. The Morgan fingerprint density at radius 1 is 0.300 bits per heavy atom. The number of hydrogen-bond acceptors (Lipinski definition) is 15. The lowest BCUT2D eigenvalue weighted by Crippen LogP contribution is -2.30. The Bertz CT molecular complexity index is 1770. The maximum absolute atomic E-state index is 13.0. The normalized spacial score (nSPS) is 14.2. The monoisotopic (exact) mass is 1320 g/mol. The summed E-state index contributed by atoms with van der Waals surface area (Å²) in [6.07, 6.45) is 46.2. The summed E-state index contributed by atoms with van der Waals surface area (Å²) in [4.78, 5) is 72.4. The molecule has 3 N–H and O–H groups in total. The number of rotatable bonds is 69. The van der Waals surface area contributed by atoms with E-state index in [2.05, 4.69) is 48.5 Å². The van der Waals surface area contributed by atoms with Crippen LogP contribution in [0.15, 0.2) is 0 Å². The summed E-state index contributed by atoms with van der Waals surface area (Å²) in [6.45, 7) is 11.7. The van der Waals surface area contributed by atoms with Crippen LogP contribution < -0.4 is 0 Å². The number of hydrogen-bond donors (Lipinski definition) is 3. The van der Waals surface area contributed by atoms with Gasteiger partial charge in [-0.05, 0) is 43.4 Å². The van der Waals surface area contributed by atoms with Crippen molar-refractivity contribution in [2.75, 3.05) is 39.6 Å². The Labute approximate surface area is 549 Å². The number of aliphatic hydroxyl groups is 1. The summed E-state index contributed by atoms with van der Waals surface area (Å²) in [7, 11) is -9.90. The van der Waals surface area contributed by atoms with Crippen molar-refractivity contribution in [2.45, 2.75) is 375 Å². The van der Waals surface area contributed by atoms with Gasteiger partial charge in [-0.3, -0.25) is 37.3 Å². The van der Waals surface area contributed by atoms with Crippen LogP contribution in [0, 0.1) is 17.8 Å². The van der Waals surface area contributed by atoms with Crippen LogP contribution in [0.5, 0.6) is 0 Å². The molecule has 0 aliphatic heterocycles. The molecule has 0 radical (unpaired) electrons. The van der Waals surface area contributed by atoms with Crippen molar-refractivity contribution in [1.29, 1.82) is 0 Å². The second kappa shape index (κ2) is 61.9. The van der Waals surface area contributed by atoms with Crippen LogP contribution in [0.4, 0.5) is 0 Å². The van der Waals surface area contributed by atoms with E-state index in [-0.39, 0.29) is 25.7 Å². The highest BCUT2D eigenvalue weighted by Gasteiger charge is 2.30. The number of esters is 4. The molecule has 534 valence electrons. The fourth-order valence-corrected chi connectivity index (χ4v) is 12.3. The molecule has 17 nitrogen and oxygen atoms in total. The van der Waals surface area contributed by atoms with Crippen LogP contribution in [0.2, 0.25) is 0 Å². The van der Waals surface area contributed by atoms with Crippen LogP contribution >= 0.6 is 15.6 Å². The number of phosphoric ester groups is 2. The summed E-state index contributed by atoms with van der Waals surface area (Å²) in [6, 6.07) is 0. The first kappa shape index (κ1) is 88.1. The standard InChI is InChI=1S/C71H138O17P2/c1-8-9-10-11-12-13-25-30-40-47-54-70(75)88-67(59-82-69(74)53-46-39-34-33-37-44-51-64(6)7)61-86-90(79,80)84-57-65(72)56-83-89(77,78)85-60-66(58-81-68(73)52-45-38-32-27-29-36-43-50-63(4)5)87-71(76)55-48-41-31-26-23-21-19-17-15-14-16-18-20-22-24-28-35-42-49-62(2)3/h62-67,72H,8-61H2,1-7H3,(H,77,78)(H,79,80)/t65-,66-,67-/m1/s1.